The van der Waals surface area contributed by atoms with Crippen molar-refractivity contribution in [2.24, 2.45) is 0 Å². The molecular formula is C33H38N4O6S. The second-order valence-corrected chi connectivity index (χ2v) is 13.1. The van der Waals surface area contributed by atoms with Gasteiger partial charge in [0.1, 0.15) is 17.0 Å². The molecule has 11 heteroatoms. The Bertz CT molecular complexity index is 1820. The van der Waals surface area contributed by atoms with Crippen LogP contribution in [0.2, 0.25) is 0 Å². The van der Waals surface area contributed by atoms with E-state index in [1.54, 1.807) is 19.1 Å². The fraction of sp³-hybridized carbons (Fsp3) is 0.424. The number of aromatic nitrogens is 3. The van der Waals surface area contributed by atoms with Gasteiger partial charge in [0, 0.05) is 24.6 Å². The van der Waals surface area contributed by atoms with E-state index in [9.17, 15) is 13.2 Å². The van der Waals surface area contributed by atoms with Crippen LogP contribution < -0.4 is 8.92 Å². The van der Waals surface area contributed by atoms with Gasteiger partial charge in [-0.1, -0.05) is 29.5 Å². The maximum atomic E-state index is 13.4. The van der Waals surface area contributed by atoms with Crippen LogP contribution in [0.4, 0.5) is 0 Å². The summed E-state index contributed by atoms with van der Waals surface area (Å²) in [5, 5.41) is 8.99. The Labute approximate surface area is 258 Å². The van der Waals surface area contributed by atoms with Gasteiger partial charge in [-0.3, -0.25) is 4.79 Å². The zero-order chi connectivity index (χ0) is 31.0. The van der Waals surface area contributed by atoms with Crippen molar-refractivity contribution in [2.75, 3.05) is 13.2 Å². The second kappa shape index (κ2) is 12.2. The summed E-state index contributed by atoms with van der Waals surface area (Å²) >= 11 is 0. The largest absolute Gasteiger partial charge is 0.494 e. The highest BCUT2D eigenvalue weighted by molar-refractivity contribution is 7.84. The molecule has 0 spiro atoms. The third-order valence-electron chi connectivity index (χ3n) is 8.75. The molecular weight excluding hydrogens is 580 g/mol. The summed E-state index contributed by atoms with van der Waals surface area (Å²) in [7, 11) is -4.07. The monoisotopic (exact) mass is 618 g/mol. The summed E-state index contributed by atoms with van der Waals surface area (Å²) in [6.45, 7) is 9.36. The summed E-state index contributed by atoms with van der Waals surface area (Å²) in [5.74, 6) is 0.359. The summed E-state index contributed by atoms with van der Waals surface area (Å²) in [4.78, 5) is 12.9. The van der Waals surface area contributed by atoms with E-state index in [4.69, 9.17) is 13.7 Å². The molecule has 0 amide bonds. The molecule has 3 atom stereocenters. The quantitative estimate of drug-likeness (QED) is 0.261. The van der Waals surface area contributed by atoms with Crippen LogP contribution in [0.5, 0.6) is 11.5 Å². The predicted octanol–water partition coefficient (Wildman–Crippen LogP) is 5.90. The van der Waals surface area contributed by atoms with E-state index in [0.29, 0.717) is 18.1 Å². The normalized spacial score (nSPS) is 21.4. The van der Waals surface area contributed by atoms with Gasteiger partial charge in [0.05, 0.1) is 31.2 Å². The molecule has 0 fully saturated rings. The molecule has 1 aromatic heterocycles. The second-order valence-electron chi connectivity index (χ2n) is 11.6. The minimum absolute atomic E-state index is 0.131. The van der Waals surface area contributed by atoms with Crippen LogP contribution in [0.25, 0.3) is 11.0 Å². The van der Waals surface area contributed by atoms with Crippen LogP contribution in [-0.2, 0) is 32.9 Å². The molecule has 0 N–H and O–H groups in total. The summed E-state index contributed by atoms with van der Waals surface area (Å²) in [6.07, 6.45) is 2.87. The van der Waals surface area contributed by atoms with E-state index >= 15 is 0 Å². The number of rotatable bonds is 3. The molecule has 10 nitrogen and oxygen atoms in total. The molecule has 3 aliphatic heterocycles. The highest BCUT2D eigenvalue weighted by Crippen LogP contribution is 2.40. The van der Waals surface area contributed by atoms with Crippen LogP contribution in [0.1, 0.15) is 84.9 Å². The van der Waals surface area contributed by atoms with Crippen molar-refractivity contribution in [3.05, 3.63) is 81.9 Å². The van der Waals surface area contributed by atoms with E-state index < -0.39 is 16.3 Å². The molecule has 0 saturated carbocycles. The van der Waals surface area contributed by atoms with Gasteiger partial charge < -0.3 is 13.7 Å². The Morgan fingerprint density at radius 1 is 1.05 bits per heavy atom. The number of hydrogen-bond acceptors (Lipinski definition) is 8. The number of esters is 1. The maximum absolute atomic E-state index is 13.4. The van der Waals surface area contributed by atoms with Gasteiger partial charge >= 0.3 is 16.3 Å². The minimum Gasteiger partial charge on any atom is -0.494 e. The Morgan fingerprint density at radius 3 is 2.70 bits per heavy atom. The van der Waals surface area contributed by atoms with Crippen molar-refractivity contribution in [3.63, 3.8) is 0 Å². The lowest BCUT2D eigenvalue weighted by molar-refractivity contribution is -0.143. The Hall–Kier alpha value is -3.96. The van der Waals surface area contributed by atoms with Crippen molar-refractivity contribution in [1.29, 1.82) is 0 Å². The first-order valence-corrected chi connectivity index (χ1v) is 16.6. The smallest absolute Gasteiger partial charge is 0.386 e. The summed E-state index contributed by atoms with van der Waals surface area (Å²) in [6, 6.07) is 14.8. The maximum Gasteiger partial charge on any atom is 0.386 e. The lowest BCUT2D eigenvalue weighted by Crippen LogP contribution is -2.39. The van der Waals surface area contributed by atoms with E-state index in [2.05, 4.69) is 16.4 Å². The average molecular weight is 619 g/mol. The van der Waals surface area contributed by atoms with E-state index in [1.807, 2.05) is 55.8 Å². The van der Waals surface area contributed by atoms with E-state index in [1.165, 1.54) is 4.31 Å². The Kier molecular flexibility index (Phi) is 8.34. The number of nitrogens with zero attached hydrogens (tertiary/aromatic N) is 4. The standard InChI is InChI=1S/C33H38N4O6S/c1-5-41-32(38)19-29-24-10-9-21(2)28(18-24)23(4)37-20-25-17-26(11-14-31(25)43-44(37,39)40)42-16-8-6-7-15-36-30-13-12-27(29)22(3)33(30)34-35-36/h9-14,17-18,23,29H,5-8,15-16,19-20H2,1-4H3/t23-,29?/m1/s1. The minimum atomic E-state index is -4.07. The fourth-order valence-corrected chi connectivity index (χ4v) is 7.60. The molecule has 7 rings (SSSR count). The number of carbonyl (C=O) groups is 1. The zero-order valence-electron chi connectivity index (χ0n) is 25.6. The van der Waals surface area contributed by atoms with Crippen LogP contribution in [0.15, 0.2) is 48.5 Å². The third kappa shape index (κ3) is 5.78. The first-order chi connectivity index (χ1) is 21.2. The number of fused-ring (bicyclic) bond motifs is 6. The molecule has 0 aliphatic carbocycles. The first kappa shape index (κ1) is 30.1. The number of hydrogen-bond donors (Lipinski definition) is 0. The van der Waals surface area contributed by atoms with Crippen molar-refractivity contribution < 1.29 is 26.9 Å². The topological polar surface area (TPSA) is 113 Å². The van der Waals surface area contributed by atoms with Crippen LogP contribution >= 0.6 is 0 Å². The van der Waals surface area contributed by atoms with Crippen LogP contribution in [-0.4, -0.2) is 46.9 Å². The van der Waals surface area contributed by atoms with Gasteiger partial charge in [0.15, 0.2) is 0 Å². The van der Waals surface area contributed by atoms with Crippen molar-refractivity contribution in [2.45, 2.75) is 78.4 Å². The van der Waals surface area contributed by atoms with Gasteiger partial charge in [0.2, 0.25) is 0 Å². The van der Waals surface area contributed by atoms with Crippen LogP contribution in [0.3, 0.4) is 0 Å². The van der Waals surface area contributed by atoms with Gasteiger partial charge in [0.25, 0.3) is 0 Å². The fourth-order valence-electron chi connectivity index (χ4n) is 6.32. The van der Waals surface area contributed by atoms with Crippen LogP contribution in [0, 0.1) is 13.8 Å². The lowest BCUT2D eigenvalue weighted by Gasteiger charge is -2.33. The molecule has 44 heavy (non-hydrogen) atoms. The van der Waals surface area contributed by atoms with Gasteiger partial charge in [-0.2, -0.15) is 12.7 Å². The molecule has 9 bridgehead atoms. The molecule has 0 saturated heterocycles. The molecule has 2 unspecified atom stereocenters. The van der Waals surface area contributed by atoms with Gasteiger partial charge in [-0.05, 0) is 99.0 Å². The van der Waals surface area contributed by atoms with E-state index in [-0.39, 0.29) is 31.5 Å². The molecule has 0 radical (unpaired) electrons. The molecule has 4 heterocycles. The third-order valence-corrected chi connectivity index (χ3v) is 10.2. The molecule has 3 aliphatic rings. The lowest BCUT2D eigenvalue weighted by atomic mass is 9.83. The molecule has 4 aromatic rings. The summed E-state index contributed by atoms with van der Waals surface area (Å²) < 4.78 is 47.1. The van der Waals surface area contributed by atoms with Gasteiger partial charge in [-0.25, -0.2) is 4.68 Å². The molecule has 232 valence electrons. The highest BCUT2D eigenvalue weighted by Gasteiger charge is 2.37. The number of carbonyl (C=O) groups excluding carboxylic acids is 1. The summed E-state index contributed by atoms with van der Waals surface area (Å²) in [5.41, 5.74) is 7.06. The Balaban J connectivity index is 1.48. The number of ether oxygens (including phenoxy) is 2. The van der Waals surface area contributed by atoms with Gasteiger partial charge in [-0.15, -0.1) is 5.10 Å². The predicted molar refractivity (Wildman–Crippen MR) is 166 cm³/mol. The zero-order valence-corrected chi connectivity index (χ0v) is 26.4. The van der Waals surface area contributed by atoms with Crippen molar-refractivity contribution in [3.8, 4) is 11.5 Å². The number of benzene rings is 3. The van der Waals surface area contributed by atoms with Crippen molar-refractivity contribution in [1.82, 2.24) is 19.3 Å². The Morgan fingerprint density at radius 2 is 1.89 bits per heavy atom. The number of aryl methyl sites for hydroxylation is 3. The average Bonchev–Trinajstić information content (AvgIpc) is 3.41. The SMILES string of the molecule is CCOC(=O)CC1c2ccc(C)c(c2)[C@@H](C)N2Cc3cc(ccc3OS2(=O)=O)OCCCCCn2nnc3c(C)c1ccc32. The molecule has 3 aromatic carbocycles. The van der Waals surface area contributed by atoms with Crippen molar-refractivity contribution >= 4 is 27.3 Å². The highest BCUT2D eigenvalue weighted by atomic mass is 32.2. The van der Waals surface area contributed by atoms with E-state index in [0.717, 1.165) is 70.2 Å². The first-order valence-electron chi connectivity index (χ1n) is 15.2.